The third-order valence-corrected chi connectivity index (χ3v) is 6.54. The van der Waals surface area contributed by atoms with Crippen molar-refractivity contribution in [2.24, 2.45) is 7.05 Å². The second-order valence-electron chi connectivity index (χ2n) is 6.01. The van der Waals surface area contributed by atoms with Gasteiger partial charge in [-0.05, 0) is 35.4 Å². The largest absolute Gasteiger partial charge is 0.616 e. The van der Waals surface area contributed by atoms with Crippen LogP contribution in [0.5, 0.6) is 0 Å². The lowest BCUT2D eigenvalue weighted by atomic mass is 10.0. The molecule has 0 radical (unpaired) electrons. The van der Waals surface area contributed by atoms with Gasteiger partial charge in [-0.15, -0.1) is 0 Å². The Morgan fingerprint density at radius 1 is 1.27 bits per heavy atom. The van der Waals surface area contributed by atoms with E-state index in [0.29, 0.717) is 28.0 Å². The molecule has 4 rings (SSSR count). The van der Waals surface area contributed by atoms with E-state index in [1.54, 1.807) is 23.0 Å². The minimum atomic E-state index is -1.17. The van der Waals surface area contributed by atoms with Crippen molar-refractivity contribution in [3.8, 4) is 11.4 Å². The number of pyridine rings is 1. The average Bonchev–Trinajstić information content (AvgIpc) is 2.84. The summed E-state index contributed by atoms with van der Waals surface area (Å²) in [5.41, 5.74) is 3.08. The Morgan fingerprint density at radius 2 is 2.12 bits per heavy atom. The predicted octanol–water partition coefficient (Wildman–Crippen LogP) is 4.05. The molecule has 0 saturated carbocycles. The summed E-state index contributed by atoms with van der Waals surface area (Å²) in [5, 5.41) is 8.65. The summed E-state index contributed by atoms with van der Waals surface area (Å²) < 4.78 is 14.9. The lowest BCUT2D eigenvalue weighted by molar-refractivity contribution is 0.589. The molecule has 2 atom stereocenters. The molecule has 134 valence electrons. The number of nitrogens with zero attached hydrogens (tertiary/aromatic N) is 3. The van der Waals surface area contributed by atoms with Gasteiger partial charge in [0.05, 0.1) is 22.8 Å². The van der Waals surface area contributed by atoms with E-state index in [0.717, 1.165) is 22.6 Å². The topological polar surface area (TPSA) is 65.8 Å². The van der Waals surface area contributed by atoms with Crippen LogP contribution in [0, 0.1) is 0 Å². The summed E-state index contributed by atoms with van der Waals surface area (Å²) in [6.45, 7) is 0.600. The molecule has 0 bridgehead atoms. The van der Waals surface area contributed by atoms with Crippen LogP contribution in [0.15, 0.2) is 42.6 Å². The highest BCUT2D eigenvalue weighted by Gasteiger charge is 2.38. The molecule has 1 aliphatic rings. The maximum absolute atomic E-state index is 13.1. The molecule has 26 heavy (non-hydrogen) atoms. The minimum Gasteiger partial charge on any atom is -0.616 e. The van der Waals surface area contributed by atoms with Gasteiger partial charge in [-0.2, -0.15) is 5.10 Å². The molecule has 3 heterocycles. The lowest BCUT2D eigenvalue weighted by Gasteiger charge is -2.21. The number of hydrogen-bond donors (Lipinski definition) is 1. The fourth-order valence-electron chi connectivity index (χ4n) is 3.22. The molecule has 1 N–H and O–H groups in total. The monoisotopic (exact) mass is 406 g/mol. The highest BCUT2D eigenvalue weighted by Crippen LogP contribution is 2.44. The summed E-state index contributed by atoms with van der Waals surface area (Å²) in [5.74, 6) is 1.35. The molecule has 0 saturated heterocycles. The van der Waals surface area contributed by atoms with Gasteiger partial charge in [0, 0.05) is 23.8 Å². The van der Waals surface area contributed by atoms with Crippen molar-refractivity contribution >= 4 is 40.2 Å². The molecule has 3 aromatic rings. The number of aromatic nitrogens is 3. The van der Waals surface area contributed by atoms with Crippen LogP contribution in [0.25, 0.3) is 11.4 Å². The predicted molar refractivity (Wildman–Crippen MR) is 106 cm³/mol. The number of anilines is 1. The maximum atomic E-state index is 13.1. The van der Waals surface area contributed by atoms with Crippen LogP contribution in [0.2, 0.25) is 10.0 Å². The lowest BCUT2D eigenvalue weighted by Crippen LogP contribution is -2.19. The third kappa shape index (κ3) is 3.07. The van der Waals surface area contributed by atoms with E-state index >= 15 is 0 Å². The number of rotatable bonds is 2. The Hall–Kier alpha value is -1.73. The Labute approximate surface area is 164 Å². The van der Waals surface area contributed by atoms with Crippen molar-refractivity contribution in [1.82, 2.24) is 14.8 Å². The molecular weight excluding hydrogens is 391 g/mol. The zero-order valence-corrected chi connectivity index (χ0v) is 16.3. The summed E-state index contributed by atoms with van der Waals surface area (Å²) in [7, 11) is 1.87. The summed E-state index contributed by atoms with van der Waals surface area (Å²) in [6, 6.07) is 11.0. The first-order valence-corrected chi connectivity index (χ1v) is 10.2. The van der Waals surface area contributed by atoms with Gasteiger partial charge in [0.25, 0.3) is 0 Å². The van der Waals surface area contributed by atoms with Gasteiger partial charge >= 0.3 is 0 Å². The summed E-state index contributed by atoms with van der Waals surface area (Å²) in [6.07, 6.45) is 1.72. The second kappa shape index (κ2) is 7.12. The number of nitrogens with one attached hydrogen (secondary N) is 1. The molecule has 1 aliphatic heterocycles. The SMILES string of the molecule is Cn1nc(-c2ccccn2)c2c1NCC[S+]([O-])C2c1ccc(Cl)cc1Cl. The van der Waals surface area contributed by atoms with Crippen molar-refractivity contribution in [1.29, 1.82) is 0 Å². The summed E-state index contributed by atoms with van der Waals surface area (Å²) >= 11 is 11.4. The Bertz CT molecular complexity index is 948. The zero-order chi connectivity index (χ0) is 18.3. The quantitative estimate of drug-likeness (QED) is 0.651. The van der Waals surface area contributed by atoms with Gasteiger partial charge in [-0.3, -0.25) is 9.67 Å². The average molecular weight is 407 g/mol. The van der Waals surface area contributed by atoms with Crippen LogP contribution < -0.4 is 5.32 Å². The van der Waals surface area contributed by atoms with Gasteiger partial charge < -0.3 is 9.87 Å². The third-order valence-electron chi connectivity index (χ3n) is 4.36. The van der Waals surface area contributed by atoms with Crippen LogP contribution in [0.1, 0.15) is 16.4 Å². The number of hydrogen-bond acceptors (Lipinski definition) is 4. The molecule has 1 aromatic carbocycles. The fraction of sp³-hybridized carbons (Fsp3) is 0.222. The van der Waals surface area contributed by atoms with Crippen LogP contribution in [0.4, 0.5) is 5.82 Å². The number of aryl methyl sites for hydroxylation is 1. The molecule has 5 nitrogen and oxygen atoms in total. The zero-order valence-electron chi connectivity index (χ0n) is 13.9. The van der Waals surface area contributed by atoms with E-state index in [4.69, 9.17) is 23.2 Å². The van der Waals surface area contributed by atoms with Gasteiger partial charge in [-0.25, -0.2) is 0 Å². The van der Waals surface area contributed by atoms with Gasteiger partial charge in [0.2, 0.25) is 0 Å². The Morgan fingerprint density at radius 3 is 2.85 bits per heavy atom. The first-order valence-electron chi connectivity index (χ1n) is 8.10. The minimum absolute atomic E-state index is 0.407. The van der Waals surface area contributed by atoms with E-state index in [-0.39, 0.29) is 0 Å². The van der Waals surface area contributed by atoms with Crippen LogP contribution >= 0.6 is 23.2 Å². The van der Waals surface area contributed by atoms with Gasteiger partial charge in [0.15, 0.2) is 5.25 Å². The number of halogens is 2. The van der Waals surface area contributed by atoms with Crippen LogP contribution in [-0.4, -0.2) is 31.6 Å². The van der Waals surface area contributed by atoms with Crippen molar-refractivity contribution in [3.05, 3.63) is 63.8 Å². The molecule has 0 aliphatic carbocycles. The van der Waals surface area contributed by atoms with Crippen LogP contribution in [-0.2, 0) is 18.2 Å². The Kier molecular flexibility index (Phi) is 4.84. The van der Waals surface area contributed by atoms with E-state index < -0.39 is 16.4 Å². The maximum Gasteiger partial charge on any atom is 0.173 e. The molecule has 2 unspecified atom stereocenters. The van der Waals surface area contributed by atoms with Gasteiger partial charge in [0.1, 0.15) is 17.3 Å². The van der Waals surface area contributed by atoms with E-state index in [1.807, 2.05) is 31.3 Å². The molecule has 8 heteroatoms. The number of fused-ring (bicyclic) bond motifs is 1. The molecule has 2 aromatic heterocycles. The normalized spacial score (nSPS) is 19.5. The standard InChI is InChI=1S/C18H16Cl2N4OS/c1-24-18-15(16(23-24)14-4-2-3-7-21-14)17(26(25)9-8-22-18)12-6-5-11(19)10-13(12)20/h2-7,10,17,22H,8-9H2,1H3. The van der Waals surface area contributed by atoms with Crippen molar-refractivity contribution in [3.63, 3.8) is 0 Å². The van der Waals surface area contributed by atoms with Crippen molar-refractivity contribution < 1.29 is 4.55 Å². The summed E-state index contributed by atoms with van der Waals surface area (Å²) in [4.78, 5) is 4.43. The first-order chi connectivity index (χ1) is 12.6. The van der Waals surface area contributed by atoms with E-state index in [9.17, 15) is 4.55 Å². The van der Waals surface area contributed by atoms with E-state index in [2.05, 4.69) is 15.4 Å². The number of benzene rings is 1. The smallest absolute Gasteiger partial charge is 0.173 e. The first kappa shape index (κ1) is 17.7. The van der Waals surface area contributed by atoms with E-state index in [1.165, 1.54) is 0 Å². The second-order valence-corrected chi connectivity index (χ2v) is 8.49. The van der Waals surface area contributed by atoms with Crippen molar-refractivity contribution in [2.45, 2.75) is 5.25 Å². The highest BCUT2D eigenvalue weighted by atomic mass is 35.5. The molecule has 0 fully saturated rings. The highest BCUT2D eigenvalue weighted by molar-refractivity contribution is 7.91. The van der Waals surface area contributed by atoms with Gasteiger partial charge in [-0.1, -0.05) is 35.3 Å². The molecule has 0 amide bonds. The fourth-order valence-corrected chi connectivity index (χ4v) is 5.32. The molecular formula is C18H16Cl2N4OS. The molecule has 0 spiro atoms. The Balaban J connectivity index is 1.96. The van der Waals surface area contributed by atoms with Crippen molar-refractivity contribution in [2.75, 3.05) is 17.6 Å². The van der Waals surface area contributed by atoms with Crippen LogP contribution in [0.3, 0.4) is 0 Å².